The second-order valence-electron chi connectivity index (χ2n) is 14.9. The van der Waals surface area contributed by atoms with Crippen LogP contribution in [-0.4, -0.2) is 20.7 Å². The Bertz CT molecular complexity index is 2740. The van der Waals surface area contributed by atoms with Gasteiger partial charge in [0.05, 0.1) is 11.0 Å². The summed E-state index contributed by atoms with van der Waals surface area (Å²) in [4.78, 5) is 0. The maximum absolute atomic E-state index is 2.80. The Morgan fingerprint density at radius 3 is 1.62 bits per heavy atom. The molecule has 0 unspecified atom stereocenters. The number of para-hydroxylation sites is 2. The third-order valence-electron chi connectivity index (χ3n) is 11.8. The molecule has 3 heteroatoms. The van der Waals surface area contributed by atoms with Gasteiger partial charge in [0, 0.05) is 16.5 Å². The van der Waals surface area contributed by atoms with E-state index in [1.165, 1.54) is 70.5 Å². The van der Waals surface area contributed by atoms with E-state index in [1.807, 2.05) is 0 Å². The Morgan fingerprint density at radius 1 is 0.377 bits per heavy atom. The van der Waals surface area contributed by atoms with Gasteiger partial charge in [-0.1, -0.05) is 189 Å². The summed E-state index contributed by atoms with van der Waals surface area (Å²) in [6.45, 7) is 5.00. The van der Waals surface area contributed by atoms with Crippen molar-refractivity contribution in [2.75, 3.05) is 0 Å². The molecule has 8 aromatic carbocycles. The predicted molar refractivity (Wildman–Crippen MR) is 232 cm³/mol. The lowest BCUT2D eigenvalue weighted by molar-refractivity contribution is 1.18. The molecule has 1 aliphatic rings. The van der Waals surface area contributed by atoms with E-state index in [9.17, 15) is 0 Å². The second-order valence-corrected chi connectivity index (χ2v) is 23.0. The Hall–Kier alpha value is -6.01. The largest absolute Gasteiger partial charge is 0.309 e. The fraction of sp³-hybridized carbons (Fsp3) is 0.0400. The van der Waals surface area contributed by atoms with Gasteiger partial charge in [-0.05, 0) is 77.6 Å². The number of rotatable bonds is 6. The molecule has 0 bridgehead atoms. The summed E-state index contributed by atoms with van der Waals surface area (Å²) in [6.07, 6.45) is 0. The first-order chi connectivity index (χ1) is 26.0. The van der Waals surface area contributed by atoms with Crippen molar-refractivity contribution in [1.82, 2.24) is 4.57 Å². The van der Waals surface area contributed by atoms with Crippen LogP contribution in [0.5, 0.6) is 0 Å². The number of hydrogen-bond donors (Lipinski definition) is 0. The summed E-state index contributed by atoms with van der Waals surface area (Å²) >= 11 is 0. The molecule has 0 fully saturated rings. The van der Waals surface area contributed by atoms with Crippen molar-refractivity contribution in [3.8, 4) is 27.9 Å². The first kappa shape index (κ1) is 31.7. The zero-order valence-corrected chi connectivity index (χ0v) is 32.0. The van der Waals surface area contributed by atoms with E-state index in [0.717, 1.165) is 0 Å². The number of aromatic nitrogens is 1. The maximum Gasteiger partial charge on any atom is 0.179 e. The van der Waals surface area contributed by atoms with Crippen LogP contribution in [0.4, 0.5) is 0 Å². The Labute approximate surface area is 313 Å². The number of hydrogen-bond acceptors (Lipinski definition) is 0. The van der Waals surface area contributed by atoms with E-state index in [1.54, 1.807) is 10.4 Å². The Kier molecular flexibility index (Phi) is 7.36. The van der Waals surface area contributed by atoms with Crippen molar-refractivity contribution in [1.29, 1.82) is 0 Å². The standard InChI is InChI=1S/C50H39NSi2/c1-52(2)49-25-15-13-23-45(49)46-32-28-37(34-50(46)52)36-26-29-41(30-27-36)53(39-18-8-4-9-19-39,40-20-10-5-11-21-40)42-31-33-44-43-22-12-14-24-47(43)51(48(44)35-42)38-16-6-3-7-17-38/h3-35H,1-2H3. The minimum atomic E-state index is -2.80. The van der Waals surface area contributed by atoms with Gasteiger partial charge in [-0.2, -0.15) is 0 Å². The van der Waals surface area contributed by atoms with Crippen molar-refractivity contribution in [3.05, 3.63) is 200 Å². The van der Waals surface area contributed by atoms with Crippen molar-refractivity contribution in [2.45, 2.75) is 13.1 Å². The molecule has 0 radical (unpaired) electrons. The van der Waals surface area contributed by atoms with Gasteiger partial charge in [0.15, 0.2) is 8.07 Å². The van der Waals surface area contributed by atoms with Gasteiger partial charge in [0.2, 0.25) is 0 Å². The van der Waals surface area contributed by atoms with Crippen LogP contribution in [-0.2, 0) is 0 Å². The molecule has 0 N–H and O–H groups in total. The monoisotopic (exact) mass is 709 g/mol. The normalized spacial score (nSPS) is 13.2. The number of nitrogens with zero attached hydrogens (tertiary/aromatic N) is 1. The quantitative estimate of drug-likeness (QED) is 0.120. The predicted octanol–water partition coefficient (Wildman–Crippen LogP) is 8.63. The van der Waals surface area contributed by atoms with E-state index < -0.39 is 16.1 Å². The van der Waals surface area contributed by atoms with Gasteiger partial charge in [-0.3, -0.25) is 0 Å². The minimum Gasteiger partial charge on any atom is -0.309 e. The number of benzene rings is 8. The SMILES string of the molecule is C[Si]1(C)c2ccccc2-c2ccc(-c3ccc([Si](c4ccccc4)(c4ccccc4)c4ccc5c6ccccc6n(-c6ccccc6)c5c4)cc3)cc21. The van der Waals surface area contributed by atoms with Gasteiger partial charge < -0.3 is 4.57 Å². The molecule has 1 nitrogen and oxygen atoms in total. The molecule has 1 aliphatic heterocycles. The molecule has 0 amide bonds. The fourth-order valence-corrected chi connectivity index (χ4v) is 17.1. The van der Waals surface area contributed by atoms with Gasteiger partial charge in [0.25, 0.3) is 0 Å². The minimum absolute atomic E-state index is 1.18. The van der Waals surface area contributed by atoms with Crippen LogP contribution in [0.2, 0.25) is 13.1 Å². The lowest BCUT2D eigenvalue weighted by atomic mass is 10.0. The van der Waals surface area contributed by atoms with E-state index in [2.05, 4.69) is 218 Å². The first-order valence-corrected chi connectivity index (χ1v) is 23.6. The van der Waals surface area contributed by atoms with Gasteiger partial charge in [-0.25, -0.2) is 0 Å². The summed E-state index contributed by atoms with van der Waals surface area (Å²) in [5, 5.41) is 11.1. The zero-order valence-electron chi connectivity index (χ0n) is 30.0. The van der Waals surface area contributed by atoms with Crippen LogP contribution in [0.15, 0.2) is 200 Å². The molecule has 2 heterocycles. The lowest BCUT2D eigenvalue weighted by Gasteiger charge is -2.34. The van der Waals surface area contributed by atoms with Crippen LogP contribution in [0.1, 0.15) is 0 Å². The highest BCUT2D eigenvalue weighted by Crippen LogP contribution is 2.33. The third kappa shape index (κ3) is 4.81. The summed E-state index contributed by atoms with van der Waals surface area (Å²) in [6, 6.07) is 75.3. The topological polar surface area (TPSA) is 4.93 Å². The molecule has 9 aromatic rings. The zero-order chi connectivity index (χ0) is 35.6. The first-order valence-electron chi connectivity index (χ1n) is 18.6. The Balaban J connectivity index is 1.19. The highest BCUT2D eigenvalue weighted by molar-refractivity contribution is 7.20. The molecule has 252 valence electrons. The lowest BCUT2D eigenvalue weighted by Crippen LogP contribution is -2.74. The molecule has 10 rings (SSSR count). The summed E-state index contributed by atoms with van der Waals surface area (Å²) in [7, 11) is -4.58. The molecule has 53 heavy (non-hydrogen) atoms. The van der Waals surface area contributed by atoms with Crippen LogP contribution in [0.25, 0.3) is 49.7 Å². The van der Waals surface area contributed by atoms with Gasteiger partial charge in [-0.15, -0.1) is 0 Å². The molecular weight excluding hydrogens is 671 g/mol. The highest BCUT2D eigenvalue weighted by Gasteiger charge is 2.42. The van der Waals surface area contributed by atoms with Crippen LogP contribution in [0, 0.1) is 0 Å². The van der Waals surface area contributed by atoms with E-state index in [-0.39, 0.29) is 0 Å². The van der Waals surface area contributed by atoms with Crippen LogP contribution < -0.4 is 31.1 Å². The van der Waals surface area contributed by atoms with Gasteiger partial charge >= 0.3 is 0 Å². The molecule has 0 saturated carbocycles. The second kappa shape index (κ2) is 12.3. The Morgan fingerprint density at radius 2 is 0.906 bits per heavy atom. The van der Waals surface area contributed by atoms with Crippen molar-refractivity contribution < 1.29 is 0 Å². The highest BCUT2D eigenvalue weighted by atomic mass is 28.3. The average molecular weight is 710 g/mol. The summed E-state index contributed by atoms with van der Waals surface area (Å²) < 4.78 is 2.45. The van der Waals surface area contributed by atoms with E-state index in [4.69, 9.17) is 0 Å². The third-order valence-corrected chi connectivity index (χ3v) is 20.1. The molecule has 1 aromatic heterocycles. The molecule has 0 aliphatic carbocycles. The molecular formula is C50H39NSi2. The number of fused-ring (bicyclic) bond motifs is 6. The fourth-order valence-electron chi connectivity index (χ4n) is 9.23. The van der Waals surface area contributed by atoms with Crippen LogP contribution >= 0.6 is 0 Å². The molecule has 0 atom stereocenters. The van der Waals surface area contributed by atoms with E-state index in [0.29, 0.717) is 0 Å². The summed E-state index contributed by atoms with van der Waals surface area (Å²) in [5.74, 6) is 0. The van der Waals surface area contributed by atoms with Crippen molar-refractivity contribution in [3.63, 3.8) is 0 Å². The van der Waals surface area contributed by atoms with Crippen molar-refractivity contribution in [2.24, 2.45) is 0 Å². The van der Waals surface area contributed by atoms with Crippen molar-refractivity contribution >= 4 is 69.1 Å². The van der Waals surface area contributed by atoms with E-state index >= 15 is 0 Å². The maximum atomic E-state index is 2.51. The average Bonchev–Trinajstić information content (AvgIpc) is 3.67. The smallest absolute Gasteiger partial charge is 0.179 e. The molecule has 0 saturated heterocycles. The molecule has 0 spiro atoms. The van der Waals surface area contributed by atoms with Gasteiger partial charge in [0.1, 0.15) is 8.07 Å². The summed E-state index contributed by atoms with van der Waals surface area (Å²) in [5.41, 5.74) is 9.04. The van der Waals surface area contributed by atoms with Crippen LogP contribution in [0.3, 0.4) is 0 Å².